The minimum Gasteiger partial charge on any atom is -0.371 e. The van der Waals surface area contributed by atoms with Gasteiger partial charge in [0.1, 0.15) is 5.03 Å². The Bertz CT molecular complexity index is 692. The molecule has 0 bridgehead atoms. The van der Waals surface area contributed by atoms with Gasteiger partial charge in [-0.2, -0.15) is 0 Å². The molecular weight excluding hydrogens is 318 g/mol. The zero-order valence-electron chi connectivity index (χ0n) is 14.2. The fourth-order valence-corrected chi connectivity index (χ4v) is 3.79. The van der Waals surface area contributed by atoms with E-state index >= 15 is 0 Å². The van der Waals surface area contributed by atoms with Gasteiger partial charge in [-0.1, -0.05) is 18.2 Å². The summed E-state index contributed by atoms with van der Waals surface area (Å²) in [5.74, 6) is 0.569. The Kier molecular flexibility index (Phi) is 5.41. The molecule has 1 aromatic carbocycles. The van der Waals surface area contributed by atoms with Crippen molar-refractivity contribution in [3.05, 3.63) is 54.2 Å². The standard InChI is InChI=1S/C19H23N3OS/c1-21(19(23)17-9-6-11-20-18(17)24-2)13-15-10-12-22(14-15)16-7-4-3-5-8-16/h3-9,11,15H,10,12-14H2,1-2H3. The van der Waals surface area contributed by atoms with Crippen LogP contribution in [-0.4, -0.2) is 48.7 Å². The number of thioether (sulfide) groups is 1. The minimum atomic E-state index is 0.0608. The van der Waals surface area contributed by atoms with Gasteiger partial charge >= 0.3 is 0 Å². The first-order valence-electron chi connectivity index (χ1n) is 8.23. The number of para-hydroxylation sites is 1. The molecule has 1 aliphatic heterocycles. The zero-order valence-corrected chi connectivity index (χ0v) is 15.0. The lowest BCUT2D eigenvalue weighted by molar-refractivity contribution is 0.0772. The lowest BCUT2D eigenvalue weighted by atomic mass is 10.1. The van der Waals surface area contributed by atoms with Gasteiger partial charge in [0.25, 0.3) is 5.91 Å². The predicted molar refractivity (Wildman–Crippen MR) is 99.7 cm³/mol. The molecule has 1 aliphatic rings. The van der Waals surface area contributed by atoms with Crippen molar-refractivity contribution >= 4 is 23.4 Å². The van der Waals surface area contributed by atoms with Crippen molar-refractivity contribution in [2.45, 2.75) is 11.4 Å². The number of carbonyl (C=O) groups excluding carboxylic acids is 1. The summed E-state index contributed by atoms with van der Waals surface area (Å²) in [6.45, 7) is 2.84. The zero-order chi connectivity index (χ0) is 16.9. The molecule has 5 heteroatoms. The quantitative estimate of drug-likeness (QED) is 0.781. The summed E-state index contributed by atoms with van der Waals surface area (Å²) in [5, 5.41) is 0.798. The van der Waals surface area contributed by atoms with Crippen LogP contribution in [-0.2, 0) is 0 Å². The van der Waals surface area contributed by atoms with E-state index in [2.05, 4.69) is 34.1 Å². The number of benzene rings is 1. The molecule has 0 aliphatic carbocycles. The highest BCUT2D eigenvalue weighted by atomic mass is 32.2. The van der Waals surface area contributed by atoms with E-state index in [-0.39, 0.29) is 5.91 Å². The maximum Gasteiger partial charge on any atom is 0.256 e. The van der Waals surface area contributed by atoms with Crippen LogP contribution in [0, 0.1) is 5.92 Å². The highest BCUT2D eigenvalue weighted by Crippen LogP contribution is 2.25. The lowest BCUT2D eigenvalue weighted by Crippen LogP contribution is -2.33. The van der Waals surface area contributed by atoms with E-state index in [1.165, 1.54) is 17.4 Å². The molecule has 3 rings (SSSR count). The third-order valence-corrected chi connectivity index (χ3v) is 5.19. The molecule has 1 unspecified atom stereocenters. The average Bonchev–Trinajstić information content (AvgIpc) is 3.10. The summed E-state index contributed by atoms with van der Waals surface area (Å²) in [7, 11) is 1.89. The van der Waals surface area contributed by atoms with Crippen molar-refractivity contribution in [2.24, 2.45) is 5.92 Å². The largest absolute Gasteiger partial charge is 0.371 e. The molecule has 0 spiro atoms. The monoisotopic (exact) mass is 341 g/mol. The van der Waals surface area contributed by atoms with E-state index in [0.29, 0.717) is 11.5 Å². The predicted octanol–water partition coefficient (Wildman–Crippen LogP) is 3.40. The second kappa shape index (κ2) is 7.71. The number of anilines is 1. The van der Waals surface area contributed by atoms with Gasteiger partial charge in [-0.15, -0.1) is 11.8 Å². The van der Waals surface area contributed by atoms with Crippen LogP contribution in [0.3, 0.4) is 0 Å². The molecule has 1 amide bonds. The number of hydrogen-bond donors (Lipinski definition) is 0. The van der Waals surface area contributed by atoms with E-state index in [0.717, 1.165) is 31.1 Å². The number of amides is 1. The second-order valence-corrected chi connectivity index (χ2v) is 6.98. The SMILES string of the molecule is CSc1ncccc1C(=O)N(C)CC1CCN(c2ccccc2)C1. The van der Waals surface area contributed by atoms with Crippen LogP contribution >= 0.6 is 11.8 Å². The van der Waals surface area contributed by atoms with Crippen LogP contribution in [0.25, 0.3) is 0 Å². The van der Waals surface area contributed by atoms with Crippen molar-refractivity contribution in [3.8, 4) is 0 Å². The lowest BCUT2D eigenvalue weighted by Gasteiger charge is -2.23. The first kappa shape index (κ1) is 16.8. The Labute approximate surface area is 147 Å². The van der Waals surface area contributed by atoms with Gasteiger partial charge in [-0.3, -0.25) is 4.79 Å². The number of pyridine rings is 1. The summed E-state index contributed by atoms with van der Waals surface area (Å²) < 4.78 is 0. The van der Waals surface area contributed by atoms with Crippen LogP contribution in [0.15, 0.2) is 53.7 Å². The normalized spacial score (nSPS) is 17.1. The molecule has 1 saturated heterocycles. The molecule has 4 nitrogen and oxygen atoms in total. The van der Waals surface area contributed by atoms with Gasteiger partial charge in [0.15, 0.2) is 0 Å². The van der Waals surface area contributed by atoms with E-state index in [4.69, 9.17) is 0 Å². The van der Waals surface area contributed by atoms with E-state index in [1.54, 1.807) is 6.20 Å². The molecule has 126 valence electrons. The first-order chi connectivity index (χ1) is 11.7. The van der Waals surface area contributed by atoms with Crippen molar-refractivity contribution in [1.82, 2.24) is 9.88 Å². The third kappa shape index (κ3) is 3.73. The van der Waals surface area contributed by atoms with E-state index in [1.807, 2.05) is 36.4 Å². The molecular formula is C19H23N3OS. The van der Waals surface area contributed by atoms with Crippen LogP contribution in [0.1, 0.15) is 16.8 Å². The summed E-state index contributed by atoms with van der Waals surface area (Å²) >= 11 is 1.51. The van der Waals surface area contributed by atoms with Crippen molar-refractivity contribution in [1.29, 1.82) is 0 Å². The Balaban J connectivity index is 1.61. The molecule has 1 fully saturated rings. The van der Waals surface area contributed by atoms with Crippen molar-refractivity contribution < 1.29 is 4.79 Å². The fourth-order valence-electron chi connectivity index (χ4n) is 3.25. The van der Waals surface area contributed by atoms with Crippen molar-refractivity contribution in [3.63, 3.8) is 0 Å². The van der Waals surface area contributed by atoms with Gasteiger partial charge in [0.2, 0.25) is 0 Å². The first-order valence-corrected chi connectivity index (χ1v) is 9.46. The molecule has 0 radical (unpaired) electrons. The third-order valence-electron chi connectivity index (χ3n) is 4.48. The van der Waals surface area contributed by atoms with Gasteiger partial charge in [-0.05, 0) is 42.9 Å². The second-order valence-electron chi connectivity index (χ2n) is 6.18. The maximum absolute atomic E-state index is 12.7. The Hall–Kier alpha value is -2.01. The number of carbonyl (C=O) groups is 1. The fraction of sp³-hybridized carbons (Fsp3) is 0.368. The number of hydrogen-bond acceptors (Lipinski definition) is 4. The van der Waals surface area contributed by atoms with Crippen molar-refractivity contribution in [2.75, 3.05) is 37.8 Å². The Morgan fingerprint density at radius 3 is 2.83 bits per heavy atom. The summed E-state index contributed by atoms with van der Waals surface area (Å²) in [5.41, 5.74) is 1.97. The molecule has 1 atom stereocenters. The summed E-state index contributed by atoms with van der Waals surface area (Å²) in [4.78, 5) is 21.3. The average molecular weight is 341 g/mol. The van der Waals surface area contributed by atoms with Crippen LogP contribution in [0.5, 0.6) is 0 Å². The summed E-state index contributed by atoms with van der Waals surface area (Å²) in [6.07, 6.45) is 4.81. The van der Waals surface area contributed by atoms with Crippen LogP contribution in [0.4, 0.5) is 5.69 Å². The molecule has 2 heterocycles. The molecule has 24 heavy (non-hydrogen) atoms. The molecule has 1 aromatic heterocycles. The van der Waals surface area contributed by atoms with Crippen LogP contribution in [0.2, 0.25) is 0 Å². The molecule has 0 saturated carbocycles. The van der Waals surface area contributed by atoms with Gasteiger partial charge in [0.05, 0.1) is 5.56 Å². The van der Waals surface area contributed by atoms with Gasteiger partial charge < -0.3 is 9.80 Å². The number of aromatic nitrogens is 1. The maximum atomic E-state index is 12.7. The van der Waals surface area contributed by atoms with E-state index in [9.17, 15) is 4.79 Å². The highest BCUT2D eigenvalue weighted by Gasteiger charge is 2.26. The topological polar surface area (TPSA) is 36.4 Å². The van der Waals surface area contributed by atoms with Gasteiger partial charge in [-0.25, -0.2) is 4.98 Å². The molecule has 0 N–H and O–H groups in total. The van der Waals surface area contributed by atoms with Gasteiger partial charge in [0, 0.05) is 38.6 Å². The molecule has 2 aromatic rings. The van der Waals surface area contributed by atoms with E-state index < -0.39 is 0 Å². The number of rotatable bonds is 5. The summed E-state index contributed by atoms with van der Waals surface area (Å²) in [6, 6.07) is 14.2. The Morgan fingerprint density at radius 1 is 1.29 bits per heavy atom. The number of nitrogens with zero attached hydrogens (tertiary/aromatic N) is 3. The Morgan fingerprint density at radius 2 is 2.08 bits per heavy atom. The smallest absolute Gasteiger partial charge is 0.256 e. The van der Waals surface area contributed by atoms with Crippen LogP contribution < -0.4 is 4.90 Å². The highest BCUT2D eigenvalue weighted by molar-refractivity contribution is 7.98. The minimum absolute atomic E-state index is 0.0608.